The summed E-state index contributed by atoms with van der Waals surface area (Å²) in [6.45, 7) is 12.9. The zero-order valence-corrected chi connectivity index (χ0v) is 74.5. The fraction of sp³-hybridized carbons (Fsp3) is 0.0500. The SMILES string of the molecule is Cc1ccc2c(c1)c1ccccc1n2-c1ccc2oc3ccccc3c2c1.Cc1ccc2c(c1)c1ccccc1n2-c1ccc2sc3ccccc3c2c1.Cc1ccc2c(c1)c1ccccc1n2-c1cccc2c1oc1ccccc12.Cc1ccc2c(c1)c1ccccc1n2-c1ccccc1.Cc1ccc2sc3ccccc3c2c1.Cc1cccc2c1sc1ccccc12. The predicted octanol–water partition coefficient (Wildman–Crippen LogP) is 35.3. The molecular weight excluding hydrogens is 1630 g/mol. The first kappa shape index (κ1) is 78.4. The highest BCUT2D eigenvalue weighted by atomic mass is 32.1. The Morgan fingerprint density at radius 3 is 1.01 bits per heavy atom. The van der Waals surface area contributed by atoms with Crippen LogP contribution in [0.4, 0.5) is 0 Å². The van der Waals surface area contributed by atoms with Crippen LogP contribution in [-0.4, -0.2) is 18.3 Å². The van der Waals surface area contributed by atoms with Gasteiger partial charge < -0.3 is 27.1 Å². The van der Waals surface area contributed by atoms with E-state index in [1.807, 2.05) is 58.3 Å². The minimum absolute atomic E-state index is 0.927. The first-order valence-corrected chi connectivity index (χ1v) is 46.4. The number of hydrogen-bond acceptors (Lipinski definition) is 5. The van der Waals surface area contributed by atoms with Gasteiger partial charge >= 0.3 is 0 Å². The fourth-order valence-corrected chi connectivity index (χ4v) is 22.7. The van der Waals surface area contributed by atoms with Crippen molar-refractivity contribution >= 4 is 226 Å². The van der Waals surface area contributed by atoms with Gasteiger partial charge in [-0.15, -0.1) is 34.0 Å². The lowest BCUT2D eigenvalue weighted by atomic mass is 10.1. The van der Waals surface area contributed by atoms with Gasteiger partial charge in [-0.3, -0.25) is 0 Å². The molecule has 28 rings (SSSR count). The van der Waals surface area contributed by atoms with Crippen LogP contribution in [0.1, 0.15) is 33.4 Å². The van der Waals surface area contributed by atoms with Gasteiger partial charge in [-0.1, -0.05) is 270 Å². The van der Waals surface area contributed by atoms with Gasteiger partial charge in [0.2, 0.25) is 0 Å². The average Bonchev–Trinajstić information content (AvgIpc) is 1.58. The summed E-state index contributed by atoms with van der Waals surface area (Å²) < 4.78 is 30.0. The molecule has 0 bridgehead atoms. The van der Waals surface area contributed by atoms with E-state index in [0.717, 1.165) is 55.3 Å². The van der Waals surface area contributed by atoms with E-state index in [0.29, 0.717) is 0 Å². The van der Waals surface area contributed by atoms with Crippen molar-refractivity contribution in [2.45, 2.75) is 41.5 Å². The highest BCUT2D eigenvalue weighted by molar-refractivity contribution is 7.26. The molecule has 0 aliphatic carbocycles. The molecule has 0 N–H and O–H groups in total. The molecule has 0 amide bonds. The summed E-state index contributed by atoms with van der Waals surface area (Å²) >= 11 is 5.63. The van der Waals surface area contributed by atoms with Gasteiger partial charge in [-0.25, -0.2) is 0 Å². The number of aryl methyl sites for hydroxylation is 6. The minimum Gasteiger partial charge on any atom is -0.456 e. The van der Waals surface area contributed by atoms with Gasteiger partial charge in [0.1, 0.15) is 16.7 Å². The first-order valence-electron chi connectivity index (χ1n) is 44.0. The van der Waals surface area contributed by atoms with Crippen LogP contribution >= 0.6 is 34.0 Å². The lowest BCUT2D eigenvalue weighted by Crippen LogP contribution is -1.94. The largest absolute Gasteiger partial charge is 0.456 e. The molecular formula is C120H86N4O2S3. The second kappa shape index (κ2) is 32.6. The number of fused-ring (bicyclic) bond motifs is 27. The van der Waals surface area contributed by atoms with Gasteiger partial charge in [0.15, 0.2) is 5.58 Å². The average molecular weight is 1710 g/mol. The van der Waals surface area contributed by atoms with Crippen molar-refractivity contribution in [3.63, 3.8) is 0 Å². The second-order valence-electron chi connectivity index (χ2n) is 33.8. The molecule has 0 aliphatic heterocycles. The molecule has 0 aliphatic rings. The Morgan fingerprint density at radius 1 is 0.178 bits per heavy atom. The number of rotatable bonds is 4. The predicted molar refractivity (Wildman–Crippen MR) is 558 cm³/mol. The second-order valence-corrected chi connectivity index (χ2v) is 37.0. The van der Waals surface area contributed by atoms with E-state index >= 15 is 0 Å². The number of thiophene rings is 3. The van der Waals surface area contributed by atoms with Gasteiger partial charge in [0.25, 0.3) is 0 Å². The molecule has 28 aromatic rings. The molecule has 9 aromatic heterocycles. The summed E-state index contributed by atoms with van der Waals surface area (Å²) in [5.74, 6) is 0. The number of benzene rings is 19. The van der Waals surface area contributed by atoms with Crippen LogP contribution in [0.2, 0.25) is 0 Å². The number of aromatic nitrogens is 4. The third-order valence-corrected chi connectivity index (χ3v) is 28.9. The van der Waals surface area contributed by atoms with Crippen molar-refractivity contribution in [1.82, 2.24) is 18.3 Å². The molecule has 616 valence electrons. The van der Waals surface area contributed by atoms with Crippen molar-refractivity contribution in [1.29, 1.82) is 0 Å². The lowest BCUT2D eigenvalue weighted by molar-refractivity contribution is 0.666. The molecule has 0 saturated carbocycles. The normalized spacial score (nSPS) is 11.6. The maximum Gasteiger partial charge on any atom is 0.159 e. The Kier molecular flexibility index (Phi) is 19.8. The molecule has 0 fully saturated rings. The van der Waals surface area contributed by atoms with Crippen molar-refractivity contribution in [3.05, 3.63) is 446 Å². The van der Waals surface area contributed by atoms with Crippen LogP contribution in [0.15, 0.2) is 421 Å². The zero-order valence-electron chi connectivity index (χ0n) is 72.1. The monoisotopic (exact) mass is 1710 g/mol. The number of furan rings is 2. The molecule has 0 radical (unpaired) electrons. The van der Waals surface area contributed by atoms with E-state index in [1.54, 1.807) is 0 Å². The molecule has 0 atom stereocenters. The lowest BCUT2D eigenvalue weighted by Gasteiger charge is -2.08. The Hall–Kier alpha value is -15.4. The number of para-hydroxylation sites is 8. The fourth-order valence-electron chi connectivity index (χ4n) is 19.4. The summed E-state index contributed by atoms with van der Waals surface area (Å²) in [6, 6.07) is 147. The molecule has 6 nitrogen and oxygen atoms in total. The number of nitrogens with zero attached hydrogens (tertiary/aromatic N) is 4. The topological polar surface area (TPSA) is 46.0 Å². The molecule has 0 spiro atoms. The summed E-state index contributed by atoms with van der Waals surface area (Å²) in [5.41, 5.74) is 26.2. The third kappa shape index (κ3) is 13.9. The van der Waals surface area contributed by atoms with Crippen molar-refractivity contribution in [3.8, 4) is 22.7 Å². The van der Waals surface area contributed by atoms with Crippen LogP contribution in [0, 0.1) is 41.5 Å². The summed E-state index contributed by atoms with van der Waals surface area (Å²) in [4.78, 5) is 0. The quantitative estimate of drug-likeness (QED) is 0.176. The van der Waals surface area contributed by atoms with Crippen LogP contribution < -0.4 is 0 Å². The Labute approximate surface area is 757 Å². The Morgan fingerprint density at radius 2 is 0.496 bits per heavy atom. The highest BCUT2D eigenvalue weighted by Gasteiger charge is 2.21. The van der Waals surface area contributed by atoms with E-state index in [1.165, 1.54) is 192 Å². The van der Waals surface area contributed by atoms with E-state index in [2.05, 4.69) is 448 Å². The summed E-state index contributed by atoms with van der Waals surface area (Å²) in [6.07, 6.45) is 0. The highest BCUT2D eigenvalue weighted by Crippen LogP contribution is 2.44. The maximum atomic E-state index is 6.31. The van der Waals surface area contributed by atoms with Gasteiger partial charge in [-0.2, -0.15) is 0 Å². The van der Waals surface area contributed by atoms with E-state index < -0.39 is 0 Å². The van der Waals surface area contributed by atoms with Gasteiger partial charge in [0.05, 0.1) is 49.8 Å². The molecule has 129 heavy (non-hydrogen) atoms. The Bertz CT molecular complexity index is 9000. The summed E-state index contributed by atoms with van der Waals surface area (Å²) in [5, 5.41) is 23.3. The first-order chi connectivity index (χ1) is 63.4. The van der Waals surface area contributed by atoms with Crippen LogP contribution in [-0.2, 0) is 0 Å². The minimum atomic E-state index is 0.927. The van der Waals surface area contributed by atoms with E-state index in [9.17, 15) is 0 Å². The van der Waals surface area contributed by atoms with Crippen LogP contribution in [0.3, 0.4) is 0 Å². The van der Waals surface area contributed by atoms with Crippen molar-refractivity contribution < 1.29 is 8.83 Å². The van der Waals surface area contributed by atoms with E-state index in [4.69, 9.17) is 8.83 Å². The molecule has 19 aromatic carbocycles. The van der Waals surface area contributed by atoms with Gasteiger partial charge in [0, 0.05) is 142 Å². The summed E-state index contributed by atoms with van der Waals surface area (Å²) in [7, 11) is 0. The zero-order chi connectivity index (χ0) is 86.5. The molecule has 9 heterocycles. The molecule has 0 saturated heterocycles. The standard InChI is InChI=1S/2C25H17NO.C25H17NS.C19H15N.2C13H10S/c1-16-13-14-22-20(15-16)17-7-2-4-10-21(17)26(22)23-11-6-9-19-18-8-3-5-12-24(18)27-25(19)23;2*1-16-10-12-23-20(14-16)18-6-2-4-8-22(18)26(23)17-11-13-25-21(15-17)19-7-3-5-9-24(19)27-25;1-14-11-12-19-17(13-14)16-9-5-6-10-18(16)20(19)15-7-3-2-4-8-15;1-9-5-4-7-11-10-6-2-3-8-12(10)14-13(9)11;1-9-6-7-13-11(8-9)10-4-2-3-5-12(10)14-13/h3*2-15H,1H3;2-13H,1H3;2*2-8H,1H3. The van der Waals surface area contributed by atoms with Crippen molar-refractivity contribution in [2.24, 2.45) is 0 Å². The smallest absolute Gasteiger partial charge is 0.159 e. The molecule has 0 unspecified atom stereocenters. The van der Waals surface area contributed by atoms with Gasteiger partial charge in [-0.05, 0) is 217 Å². The number of hydrogen-bond donors (Lipinski definition) is 0. The van der Waals surface area contributed by atoms with Crippen LogP contribution in [0.25, 0.3) is 214 Å². The van der Waals surface area contributed by atoms with Crippen LogP contribution in [0.5, 0.6) is 0 Å². The van der Waals surface area contributed by atoms with E-state index in [-0.39, 0.29) is 0 Å². The maximum absolute atomic E-state index is 6.31. The molecule has 9 heteroatoms. The van der Waals surface area contributed by atoms with Crippen molar-refractivity contribution in [2.75, 3.05) is 0 Å². The Balaban J connectivity index is 0.0000000900. The third-order valence-electron chi connectivity index (χ3n) is 25.3.